The Kier molecular flexibility index (Phi) is 8.78. The Bertz CT molecular complexity index is 682. The standard InChI is InChI=1S/C22H33N3O3.ClH/c1-4-5-13-25-20(26)14-18(21(25)16-8-10-17(28-3)11-9-16)22(27)24-19-7-6-12-23-15(19)2;/h8-11,15,18-19,21,23H,4-7,12-14H2,1-3H3,(H,24,27);1H. The molecular weight excluding hydrogens is 390 g/mol. The molecule has 2 N–H and O–H groups in total. The van der Waals surface area contributed by atoms with Gasteiger partial charge in [0, 0.05) is 25.0 Å². The molecule has 0 aliphatic carbocycles. The maximum absolute atomic E-state index is 13.2. The summed E-state index contributed by atoms with van der Waals surface area (Å²) in [5, 5.41) is 6.65. The van der Waals surface area contributed by atoms with E-state index in [1.165, 1.54) is 0 Å². The Balaban J connectivity index is 0.00000300. The number of nitrogens with one attached hydrogen (secondary N) is 2. The van der Waals surface area contributed by atoms with E-state index in [0.717, 1.165) is 43.5 Å². The number of hydrogen-bond donors (Lipinski definition) is 2. The van der Waals surface area contributed by atoms with Crippen LogP contribution in [0.4, 0.5) is 0 Å². The van der Waals surface area contributed by atoms with Gasteiger partial charge in [-0.25, -0.2) is 0 Å². The van der Waals surface area contributed by atoms with Crippen molar-refractivity contribution in [1.29, 1.82) is 0 Å². The fraction of sp³-hybridized carbons (Fsp3) is 0.636. The second-order valence-corrected chi connectivity index (χ2v) is 7.97. The lowest BCUT2D eigenvalue weighted by Crippen LogP contribution is -2.53. The van der Waals surface area contributed by atoms with Gasteiger partial charge < -0.3 is 20.3 Å². The molecule has 1 aromatic rings. The van der Waals surface area contributed by atoms with E-state index in [1.807, 2.05) is 29.2 Å². The molecule has 0 radical (unpaired) electrons. The smallest absolute Gasteiger partial charge is 0.226 e. The van der Waals surface area contributed by atoms with Crippen LogP contribution < -0.4 is 15.4 Å². The van der Waals surface area contributed by atoms with Gasteiger partial charge in [0.15, 0.2) is 0 Å². The monoisotopic (exact) mass is 423 g/mol. The summed E-state index contributed by atoms with van der Waals surface area (Å²) < 4.78 is 5.26. The van der Waals surface area contributed by atoms with Crippen LogP contribution in [0.3, 0.4) is 0 Å². The highest BCUT2D eigenvalue weighted by Crippen LogP contribution is 2.39. The number of piperidine rings is 1. The first-order chi connectivity index (χ1) is 13.5. The Morgan fingerprint density at radius 2 is 2.03 bits per heavy atom. The molecule has 2 aliphatic heterocycles. The van der Waals surface area contributed by atoms with Gasteiger partial charge in [-0.2, -0.15) is 0 Å². The lowest BCUT2D eigenvalue weighted by Gasteiger charge is -2.33. The number of unbranched alkanes of at least 4 members (excludes halogenated alkanes) is 1. The summed E-state index contributed by atoms with van der Waals surface area (Å²) in [5.74, 6) is 0.487. The van der Waals surface area contributed by atoms with Crippen molar-refractivity contribution in [3.8, 4) is 5.75 Å². The third-order valence-electron chi connectivity index (χ3n) is 6.07. The van der Waals surface area contributed by atoms with E-state index < -0.39 is 0 Å². The first kappa shape index (κ1) is 23.5. The van der Waals surface area contributed by atoms with E-state index in [4.69, 9.17) is 4.74 Å². The van der Waals surface area contributed by atoms with Crippen molar-refractivity contribution in [2.24, 2.45) is 5.92 Å². The zero-order valence-corrected chi connectivity index (χ0v) is 18.5. The Labute approximate surface area is 180 Å². The van der Waals surface area contributed by atoms with Crippen molar-refractivity contribution in [3.63, 3.8) is 0 Å². The van der Waals surface area contributed by atoms with Crippen LogP contribution in [0.1, 0.15) is 57.6 Å². The molecule has 2 fully saturated rings. The molecule has 2 aliphatic rings. The van der Waals surface area contributed by atoms with Gasteiger partial charge in [0.1, 0.15) is 5.75 Å². The molecule has 0 spiro atoms. The average molecular weight is 424 g/mol. The molecule has 162 valence electrons. The highest BCUT2D eigenvalue weighted by atomic mass is 35.5. The number of carbonyl (C=O) groups excluding carboxylic acids is 2. The van der Waals surface area contributed by atoms with Gasteiger partial charge in [0.05, 0.1) is 19.1 Å². The number of carbonyl (C=O) groups is 2. The summed E-state index contributed by atoms with van der Waals surface area (Å²) in [6, 6.07) is 7.93. The summed E-state index contributed by atoms with van der Waals surface area (Å²) in [5.41, 5.74) is 0.998. The van der Waals surface area contributed by atoms with Crippen molar-refractivity contribution in [2.75, 3.05) is 20.2 Å². The molecule has 0 bridgehead atoms. The SMILES string of the molecule is CCCCN1C(=O)CC(C(=O)NC2CCCNC2C)C1c1ccc(OC)cc1.Cl. The van der Waals surface area contributed by atoms with E-state index in [9.17, 15) is 9.59 Å². The zero-order chi connectivity index (χ0) is 20.1. The average Bonchev–Trinajstić information content (AvgIpc) is 3.04. The normalized spacial score (nSPS) is 26.7. The molecule has 0 aromatic heterocycles. The van der Waals surface area contributed by atoms with Gasteiger partial charge in [0.2, 0.25) is 11.8 Å². The molecule has 1 aromatic carbocycles. The van der Waals surface area contributed by atoms with Gasteiger partial charge in [-0.1, -0.05) is 25.5 Å². The second-order valence-electron chi connectivity index (χ2n) is 7.97. The number of hydrogen-bond acceptors (Lipinski definition) is 4. The lowest BCUT2D eigenvalue weighted by molar-refractivity contribution is -0.129. The van der Waals surface area contributed by atoms with Crippen LogP contribution in [0, 0.1) is 5.92 Å². The summed E-state index contributed by atoms with van der Waals surface area (Å²) in [4.78, 5) is 27.9. The zero-order valence-electron chi connectivity index (χ0n) is 17.6. The Hall–Kier alpha value is -1.79. The van der Waals surface area contributed by atoms with Gasteiger partial charge >= 0.3 is 0 Å². The Morgan fingerprint density at radius 3 is 2.66 bits per heavy atom. The summed E-state index contributed by atoms with van der Waals surface area (Å²) in [6.45, 7) is 5.91. The summed E-state index contributed by atoms with van der Waals surface area (Å²) in [7, 11) is 1.64. The molecule has 6 nitrogen and oxygen atoms in total. The van der Waals surface area contributed by atoms with E-state index in [1.54, 1.807) is 7.11 Å². The predicted octanol–water partition coefficient (Wildman–Crippen LogP) is 3.06. The highest BCUT2D eigenvalue weighted by Gasteiger charge is 2.44. The number of nitrogens with zero attached hydrogens (tertiary/aromatic N) is 1. The van der Waals surface area contributed by atoms with Crippen molar-refractivity contribution in [3.05, 3.63) is 29.8 Å². The van der Waals surface area contributed by atoms with Crippen LogP contribution >= 0.6 is 12.4 Å². The number of benzene rings is 1. The molecule has 0 saturated carbocycles. The second kappa shape index (κ2) is 10.8. The maximum Gasteiger partial charge on any atom is 0.226 e. The molecular formula is C22H34ClN3O3. The topological polar surface area (TPSA) is 70.7 Å². The first-order valence-corrected chi connectivity index (χ1v) is 10.5. The minimum absolute atomic E-state index is 0. The molecule has 3 rings (SSSR count). The van der Waals surface area contributed by atoms with E-state index in [-0.39, 0.29) is 54.7 Å². The largest absolute Gasteiger partial charge is 0.497 e. The first-order valence-electron chi connectivity index (χ1n) is 10.5. The lowest BCUT2D eigenvalue weighted by atomic mass is 9.91. The van der Waals surface area contributed by atoms with Crippen molar-refractivity contribution >= 4 is 24.2 Å². The Morgan fingerprint density at radius 1 is 1.31 bits per heavy atom. The molecule has 29 heavy (non-hydrogen) atoms. The van der Waals surface area contributed by atoms with E-state index in [0.29, 0.717) is 6.54 Å². The minimum atomic E-state index is -0.355. The highest BCUT2D eigenvalue weighted by molar-refractivity contribution is 5.90. The van der Waals surface area contributed by atoms with Crippen molar-refractivity contribution in [1.82, 2.24) is 15.5 Å². The van der Waals surface area contributed by atoms with Crippen molar-refractivity contribution < 1.29 is 14.3 Å². The number of ether oxygens (including phenoxy) is 1. The van der Waals surface area contributed by atoms with Crippen LogP contribution in [-0.2, 0) is 9.59 Å². The van der Waals surface area contributed by atoms with Crippen LogP contribution in [0.25, 0.3) is 0 Å². The molecule has 2 saturated heterocycles. The van der Waals surface area contributed by atoms with Crippen LogP contribution in [-0.4, -0.2) is 49.0 Å². The number of amides is 2. The number of methoxy groups -OCH3 is 1. The van der Waals surface area contributed by atoms with Crippen LogP contribution in [0.15, 0.2) is 24.3 Å². The maximum atomic E-state index is 13.2. The molecule has 7 heteroatoms. The number of halogens is 1. The van der Waals surface area contributed by atoms with Crippen molar-refractivity contribution in [2.45, 2.75) is 64.1 Å². The van der Waals surface area contributed by atoms with E-state index >= 15 is 0 Å². The number of rotatable bonds is 7. The predicted molar refractivity (Wildman–Crippen MR) is 116 cm³/mol. The quantitative estimate of drug-likeness (QED) is 0.707. The summed E-state index contributed by atoms with van der Waals surface area (Å²) in [6.07, 6.45) is 4.27. The molecule has 4 atom stereocenters. The van der Waals surface area contributed by atoms with Gasteiger partial charge in [-0.3, -0.25) is 9.59 Å². The van der Waals surface area contributed by atoms with Crippen LogP contribution in [0.5, 0.6) is 5.75 Å². The fourth-order valence-corrected chi connectivity index (χ4v) is 4.36. The third-order valence-corrected chi connectivity index (χ3v) is 6.07. The number of likely N-dealkylation sites (tertiary alicyclic amines) is 1. The van der Waals surface area contributed by atoms with Crippen LogP contribution in [0.2, 0.25) is 0 Å². The van der Waals surface area contributed by atoms with Gasteiger partial charge in [-0.05, 0) is 50.4 Å². The van der Waals surface area contributed by atoms with Gasteiger partial charge in [-0.15, -0.1) is 12.4 Å². The third kappa shape index (κ3) is 5.43. The minimum Gasteiger partial charge on any atom is -0.497 e. The van der Waals surface area contributed by atoms with Gasteiger partial charge in [0.25, 0.3) is 0 Å². The molecule has 4 unspecified atom stereocenters. The van der Waals surface area contributed by atoms with E-state index in [2.05, 4.69) is 24.5 Å². The fourth-order valence-electron chi connectivity index (χ4n) is 4.36. The molecule has 2 heterocycles. The molecule has 2 amide bonds. The summed E-state index contributed by atoms with van der Waals surface area (Å²) >= 11 is 0.